The van der Waals surface area contributed by atoms with Crippen molar-refractivity contribution in [2.45, 2.75) is 26.2 Å². The normalized spacial score (nSPS) is 12.9. The molecule has 2 aromatic rings. The van der Waals surface area contributed by atoms with Gasteiger partial charge in [-0.25, -0.2) is 19.7 Å². The fourth-order valence-electron chi connectivity index (χ4n) is 2.21. The number of nitrogens with zero attached hydrogens (tertiary/aromatic N) is 4. The molecule has 0 fully saturated rings. The Morgan fingerprint density at radius 3 is 2.77 bits per heavy atom. The fourth-order valence-corrected chi connectivity index (χ4v) is 3.95. The predicted octanol–water partition coefficient (Wildman–Crippen LogP) is 1.36. The van der Waals surface area contributed by atoms with Gasteiger partial charge in [0.15, 0.2) is 17.3 Å². The van der Waals surface area contributed by atoms with Gasteiger partial charge in [0.25, 0.3) is 0 Å². The van der Waals surface area contributed by atoms with Crippen LogP contribution in [0.5, 0.6) is 0 Å². The molecule has 2 aromatic heterocycles. The molecule has 0 aliphatic carbocycles. The van der Waals surface area contributed by atoms with Crippen LogP contribution in [-0.4, -0.2) is 55.4 Å². The van der Waals surface area contributed by atoms with Gasteiger partial charge in [0.2, 0.25) is 0 Å². The van der Waals surface area contributed by atoms with Gasteiger partial charge in [0, 0.05) is 6.54 Å². The molecule has 1 unspecified atom stereocenters. The Kier molecular flexibility index (Phi) is 5.63. The SMILES string of the molecule is CCP(CC)C(OCCn1cnc2c(N)ncnc21)C(=O)O. The summed E-state index contributed by atoms with van der Waals surface area (Å²) in [5, 5.41) is 9.31. The molecule has 2 heterocycles. The molecule has 9 heteroatoms. The van der Waals surface area contributed by atoms with Crippen LogP contribution in [0.4, 0.5) is 5.82 Å². The quantitative estimate of drug-likeness (QED) is 0.704. The smallest absolute Gasteiger partial charge is 0.337 e. The highest BCUT2D eigenvalue weighted by atomic mass is 31.1. The van der Waals surface area contributed by atoms with E-state index >= 15 is 0 Å². The molecule has 0 saturated carbocycles. The minimum absolute atomic E-state index is 0.283. The number of carbonyl (C=O) groups is 1. The molecule has 2 rings (SSSR count). The van der Waals surface area contributed by atoms with E-state index in [4.69, 9.17) is 10.5 Å². The van der Waals surface area contributed by atoms with Gasteiger partial charge in [0.05, 0.1) is 12.9 Å². The number of nitrogen functional groups attached to an aromatic ring is 1. The summed E-state index contributed by atoms with van der Waals surface area (Å²) >= 11 is 0. The molecule has 0 radical (unpaired) electrons. The number of carboxylic acid groups (broad SMARTS) is 1. The number of carboxylic acids is 1. The summed E-state index contributed by atoms with van der Waals surface area (Å²) in [7, 11) is -0.660. The van der Waals surface area contributed by atoms with Crippen LogP contribution in [0.3, 0.4) is 0 Å². The lowest BCUT2D eigenvalue weighted by atomic mass is 10.5. The third kappa shape index (κ3) is 3.51. The largest absolute Gasteiger partial charge is 0.479 e. The maximum Gasteiger partial charge on any atom is 0.337 e. The van der Waals surface area contributed by atoms with Gasteiger partial charge in [0.1, 0.15) is 11.8 Å². The van der Waals surface area contributed by atoms with Gasteiger partial charge in [-0.15, -0.1) is 0 Å². The maximum atomic E-state index is 11.3. The van der Waals surface area contributed by atoms with Crippen LogP contribution < -0.4 is 5.73 Å². The number of ether oxygens (including phenoxy) is 1. The van der Waals surface area contributed by atoms with Gasteiger partial charge < -0.3 is 20.1 Å². The topological polar surface area (TPSA) is 116 Å². The van der Waals surface area contributed by atoms with E-state index in [-0.39, 0.29) is 6.61 Å². The first-order valence-corrected chi connectivity index (χ1v) is 8.86. The molecule has 8 nitrogen and oxygen atoms in total. The van der Waals surface area contributed by atoms with Gasteiger partial charge in [-0.05, 0) is 12.3 Å². The summed E-state index contributed by atoms with van der Waals surface area (Å²) < 4.78 is 7.39. The van der Waals surface area contributed by atoms with Crippen LogP contribution in [0.2, 0.25) is 0 Å². The van der Waals surface area contributed by atoms with E-state index in [0.717, 1.165) is 12.3 Å². The number of imidazole rings is 1. The van der Waals surface area contributed by atoms with Crippen LogP contribution >= 0.6 is 7.92 Å². The van der Waals surface area contributed by atoms with Crippen molar-refractivity contribution < 1.29 is 14.6 Å². The number of aromatic nitrogens is 4. The number of hydrogen-bond acceptors (Lipinski definition) is 6. The number of rotatable bonds is 8. The molecule has 1 atom stereocenters. The lowest BCUT2D eigenvalue weighted by Crippen LogP contribution is -2.25. The van der Waals surface area contributed by atoms with Crippen LogP contribution in [0, 0.1) is 0 Å². The summed E-state index contributed by atoms with van der Waals surface area (Å²) in [5.41, 5.74) is 6.89. The third-order valence-corrected chi connectivity index (χ3v) is 6.05. The molecular weight excluding hydrogens is 305 g/mol. The van der Waals surface area contributed by atoms with Crippen molar-refractivity contribution in [1.29, 1.82) is 0 Å². The van der Waals surface area contributed by atoms with E-state index in [1.165, 1.54) is 6.33 Å². The molecular formula is C13H20N5O3P. The summed E-state index contributed by atoms with van der Waals surface area (Å²) in [6.07, 6.45) is 4.66. The monoisotopic (exact) mass is 325 g/mol. The highest BCUT2D eigenvalue weighted by molar-refractivity contribution is 7.59. The Balaban J connectivity index is 2.02. The van der Waals surface area contributed by atoms with Crippen molar-refractivity contribution in [1.82, 2.24) is 19.5 Å². The van der Waals surface area contributed by atoms with E-state index in [9.17, 15) is 9.90 Å². The van der Waals surface area contributed by atoms with Gasteiger partial charge >= 0.3 is 5.97 Å². The molecule has 0 aliphatic heterocycles. The van der Waals surface area contributed by atoms with Gasteiger partial charge in [-0.1, -0.05) is 21.8 Å². The zero-order chi connectivity index (χ0) is 16.1. The standard InChI is InChI=1S/C13H20N5O3P/c1-3-22(4-2)13(12(19)20)21-6-5-18-8-17-9-10(14)15-7-16-11(9)18/h7-8,13H,3-6H2,1-2H3,(H,19,20)(H2,14,15,16). The van der Waals surface area contributed by atoms with Gasteiger partial charge in [-0.2, -0.15) is 0 Å². The average Bonchev–Trinajstić information content (AvgIpc) is 2.91. The molecule has 0 saturated heterocycles. The second-order valence-corrected chi connectivity index (χ2v) is 7.56. The molecule has 0 spiro atoms. The first-order chi connectivity index (χ1) is 10.6. The second-order valence-electron chi connectivity index (χ2n) is 4.65. The molecule has 0 amide bonds. The van der Waals surface area contributed by atoms with E-state index < -0.39 is 19.7 Å². The summed E-state index contributed by atoms with van der Waals surface area (Å²) in [5.74, 6) is -1.29. The minimum atomic E-state index is -0.892. The lowest BCUT2D eigenvalue weighted by molar-refractivity contribution is -0.144. The van der Waals surface area contributed by atoms with Crippen LogP contribution in [0.25, 0.3) is 11.2 Å². The Hall–Kier alpha value is -1.79. The average molecular weight is 325 g/mol. The highest BCUT2D eigenvalue weighted by Crippen LogP contribution is 2.41. The van der Waals surface area contributed by atoms with Crippen LogP contribution in [0.15, 0.2) is 12.7 Å². The lowest BCUT2D eigenvalue weighted by Gasteiger charge is -2.22. The first kappa shape index (κ1) is 16.6. The summed E-state index contributed by atoms with van der Waals surface area (Å²) in [4.78, 5) is 23.5. The minimum Gasteiger partial charge on any atom is -0.479 e. The van der Waals surface area contributed by atoms with E-state index in [1.54, 1.807) is 10.9 Å². The summed E-state index contributed by atoms with van der Waals surface area (Å²) in [6.45, 7) is 4.74. The fraction of sp³-hybridized carbons (Fsp3) is 0.538. The van der Waals surface area contributed by atoms with E-state index in [0.29, 0.717) is 23.5 Å². The highest BCUT2D eigenvalue weighted by Gasteiger charge is 2.25. The maximum absolute atomic E-state index is 11.3. The Morgan fingerprint density at radius 1 is 1.41 bits per heavy atom. The first-order valence-electron chi connectivity index (χ1n) is 7.08. The number of nitrogens with two attached hydrogens (primary N) is 1. The number of fused-ring (bicyclic) bond motifs is 1. The zero-order valence-electron chi connectivity index (χ0n) is 12.6. The van der Waals surface area contributed by atoms with Gasteiger partial charge in [-0.3, -0.25) is 0 Å². The Bertz CT molecular complexity index is 644. The number of anilines is 1. The summed E-state index contributed by atoms with van der Waals surface area (Å²) in [6, 6.07) is 0. The zero-order valence-corrected chi connectivity index (χ0v) is 13.5. The molecule has 0 aromatic carbocycles. The van der Waals surface area contributed by atoms with Crippen molar-refractivity contribution in [2.24, 2.45) is 0 Å². The van der Waals surface area contributed by atoms with Crippen LogP contribution in [0.1, 0.15) is 13.8 Å². The van der Waals surface area contributed by atoms with E-state index in [2.05, 4.69) is 15.0 Å². The predicted molar refractivity (Wildman–Crippen MR) is 85.1 cm³/mol. The Morgan fingerprint density at radius 2 is 2.14 bits per heavy atom. The third-order valence-electron chi connectivity index (χ3n) is 3.39. The molecule has 0 aliphatic rings. The van der Waals surface area contributed by atoms with Crippen molar-refractivity contribution >= 4 is 30.9 Å². The van der Waals surface area contributed by atoms with E-state index in [1.807, 2.05) is 13.8 Å². The second kappa shape index (κ2) is 7.47. The van der Waals surface area contributed by atoms with Crippen molar-refractivity contribution in [3.8, 4) is 0 Å². The van der Waals surface area contributed by atoms with Crippen molar-refractivity contribution in [2.75, 3.05) is 24.7 Å². The number of hydrogen-bond donors (Lipinski definition) is 2. The van der Waals surface area contributed by atoms with Crippen molar-refractivity contribution in [3.63, 3.8) is 0 Å². The molecule has 120 valence electrons. The molecule has 22 heavy (non-hydrogen) atoms. The Labute approximate surface area is 129 Å². The van der Waals surface area contributed by atoms with Crippen molar-refractivity contribution in [3.05, 3.63) is 12.7 Å². The molecule has 0 bridgehead atoms. The molecule has 3 N–H and O–H groups in total. The number of aliphatic carboxylic acids is 1. The van der Waals surface area contributed by atoms with Crippen LogP contribution in [-0.2, 0) is 16.1 Å².